The molecule has 1 heterocycles. The van der Waals surface area contributed by atoms with Crippen molar-refractivity contribution in [1.29, 1.82) is 0 Å². The summed E-state index contributed by atoms with van der Waals surface area (Å²) in [6, 6.07) is 0. The third-order valence-electron chi connectivity index (χ3n) is 1.89. The molecule has 0 aromatic rings. The predicted molar refractivity (Wildman–Crippen MR) is 52.1 cm³/mol. The van der Waals surface area contributed by atoms with Gasteiger partial charge in [-0.1, -0.05) is 11.6 Å². The summed E-state index contributed by atoms with van der Waals surface area (Å²) in [5.74, 6) is 0.554. The van der Waals surface area contributed by atoms with Crippen LogP contribution in [0.2, 0.25) is 0 Å². The molecular formula is C10H7ClNO2. The monoisotopic (exact) mass is 208 g/mol. The van der Waals surface area contributed by atoms with Gasteiger partial charge in [-0.3, -0.25) is 10.1 Å². The fraction of sp³-hybridized carbons (Fsp3) is 0.100. The number of carbonyl (C=O) groups is 1. The minimum atomic E-state index is 0.0171. The van der Waals surface area contributed by atoms with Gasteiger partial charge in [0.15, 0.2) is 5.78 Å². The van der Waals surface area contributed by atoms with Crippen molar-refractivity contribution in [3.8, 4) is 0 Å². The van der Waals surface area contributed by atoms with Crippen LogP contribution in [-0.2, 0) is 9.53 Å². The Kier molecular flexibility index (Phi) is 2.41. The molecule has 1 aliphatic heterocycles. The molecular weight excluding hydrogens is 202 g/mol. The summed E-state index contributed by atoms with van der Waals surface area (Å²) in [6.45, 7) is 0. The van der Waals surface area contributed by atoms with Gasteiger partial charge in [0.25, 0.3) is 0 Å². The Balaban J connectivity index is 2.28. The van der Waals surface area contributed by atoms with E-state index in [0.717, 1.165) is 0 Å². The van der Waals surface area contributed by atoms with Crippen LogP contribution in [0.15, 0.2) is 47.2 Å². The highest BCUT2D eigenvalue weighted by atomic mass is 35.5. The lowest BCUT2D eigenvalue weighted by molar-refractivity contribution is -0.114. The number of carbonyl (C=O) groups excluding carboxylic acids is 1. The van der Waals surface area contributed by atoms with E-state index in [2.05, 4.69) is 5.32 Å². The van der Waals surface area contributed by atoms with E-state index in [0.29, 0.717) is 16.4 Å². The molecule has 71 valence electrons. The fourth-order valence-electron chi connectivity index (χ4n) is 1.22. The molecule has 0 saturated carbocycles. The molecule has 0 aromatic carbocycles. The number of ether oxygens (including phenoxy) is 1. The van der Waals surface area contributed by atoms with Gasteiger partial charge in [0.2, 0.25) is 0 Å². The Labute approximate surface area is 86.4 Å². The van der Waals surface area contributed by atoms with Crippen molar-refractivity contribution >= 4 is 17.4 Å². The van der Waals surface area contributed by atoms with Gasteiger partial charge in [-0.2, -0.15) is 0 Å². The lowest BCUT2D eigenvalue weighted by Crippen LogP contribution is -2.08. The smallest absolute Gasteiger partial charge is 0.160 e. The van der Waals surface area contributed by atoms with E-state index in [9.17, 15) is 4.79 Å². The van der Waals surface area contributed by atoms with Crippen molar-refractivity contribution in [1.82, 2.24) is 5.32 Å². The first-order valence-corrected chi connectivity index (χ1v) is 4.47. The second-order valence-electron chi connectivity index (χ2n) is 2.85. The van der Waals surface area contributed by atoms with Crippen molar-refractivity contribution < 1.29 is 9.53 Å². The van der Waals surface area contributed by atoms with Crippen LogP contribution in [0.5, 0.6) is 0 Å². The van der Waals surface area contributed by atoms with Crippen molar-refractivity contribution in [3.63, 3.8) is 0 Å². The van der Waals surface area contributed by atoms with Gasteiger partial charge in [-0.25, -0.2) is 0 Å². The van der Waals surface area contributed by atoms with E-state index in [4.69, 9.17) is 16.3 Å². The van der Waals surface area contributed by atoms with Gasteiger partial charge < -0.3 is 4.74 Å². The number of hydrogen-bond donors (Lipinski definition) is 0. The topological polar surface area (TPSA) is 40.4 Å². The first-order valence-electron chi connectivity index (χ1n) is 4.09. The normalized spacial score (nSPS) is 20.4. The summed E-state index contributed by atoms with van der Waals surface area (Å²) >= 11 is 5.94. The van der Waals surface area contributed by atoms with Gasteiger partial charge in [0.1, 0.15) is 12.0 Å². The van der Waals surface area contributed by atoms with Gasteiger partial charge >= 0.3 is 0 Å². The number of halogens is 1. The fourth-order valence-corrected chi connectivity index (χ4v) is 1.44. The number of rotatable bonds is 1. The molecule has 2 aliphatic rings. The third kappa shape index (κ3) is 1.72. The first-order chi connectivity index (χ1) is 6.77. The molecule has 0 atom stereocenters. The highest BCUT2D eigenvalue weighted by molar-refractivity contribution is 6.32. The van der Waals surface area contributed by atoms with Gasteiger partial charge in [-0.05, 0) is 12.2 Å². The second-order valence-corrected chi connectivity index (χ2v) is 3.26. The largest absolute Gasteiger partial charge is 0.461 e. The maximum Gasteiger partial charge on any atom is 0.160 e. The molecule has 4 heteroatoms. The Bertz CT molecular complexity index is 391. The van der Waals surface area contributed by atoms with Crippen LogP contribution in [0.4, 0.5) is 0 Å². The van der Waals surface area contributed by atoms with E-state index in [1.54, 1.807) is 12.3 Å². The number of ketones is 1. The summed E-state index contributed by atoms with van der Waals surface area (Å²) in [5, 5.41) is 4.43. The van der Waals surface area contributed by atoms with Crippen LogP contribution >= 0.6 is 11.6 Å². The van der Waals surface area contributed by atoms with Crippen LogP contribution in [0.3, 0.4) is 0 Å². The van der Waals surface area contributed by atoms with E-state index < -0.39 is 0 Å². The average Bonchev–Trinajstić information content (AvgIpc) is 2.23. The lowest BCUT2D eigenvalue weighted by Gasteiger charge is -2.15. The highest BCUT2D eigenvalue weighted by Gasteiger charge is 2.18. The van der Waals surface area contributed by atoms with Crippen LogP contribution in [0, 0.1) is 0 Å². The van der Waals surface area contributed by atoms with Crippen molar-refractivity contribution in [2.75, 3.05) is 0 Å². The molecule has 3 nitrogen and oxygen atoms in total. The number of nitrogens with zero attached hydrogens (tertiary/aromatic N) is 1. The molecule has 1 radical (unpaired) electrons. The summed E-state index contributed by atoms with van der Waals surface area (Å²) in [4.78, 5) is 11.2. The zero-order chi connectivity index (χ0) is 9.97. The second kappa shape index (κ2) is 3.72. The Hall–Kier alpha value is -1.48. The average molecular weight is 209 g/mol. The molecule has 0 unspecified atom stereocenters. The molecule has 0 bridgehead atoms. The van der Waals surface area contributed by atoms with Gasteiger partial charge in [0.05, 0.1) is 12.4 Å². The summed E-state index contributed by atoms with van der Waals surface area (Å²) in [7, 11) is 0. The Morgan fingerprint density at radius 2 is 2.29 bits per heavy atom. The molecule has 0 N–H and O–H groups in total. The summed E-state index contributed by atoms with van der Waals surface area (Å²) in [5.41, 5.74) is 0.687. The minimum absolute atomic E-state index is 0.0171. The third-order valence-corrected chi connectivity index (χ3v) is 2.24. The van der Waals surface area contributed by atoms with E-state index in [1.165, 1.54) is 18.5 Å². The highest BCUT2D eigenvalue weighted by Crippen LogP contribution is 2.27. The molecule has 2 rings (SSSR count). The standard InChI is InChI=1S/C10H7ClNO2/c11-9-2-1-7(13)5-8(9)10-6-12-3-4-14-10/h1-4,6H,5H2. The minimum Gasteiger partial charge on any atom is -0.461 e. The predicted octanol–water partition coefficient (Wildman–Crippen LogP) is 1.96. The van der Waals surface area contributed by atoms with Gasteiger partial charge in [-0.15, -0.1) is 0 Å². The molecule has 14 heavy (non-hydrogen) atoms. The summed E-state index contributed by atoms with van der Waals surface area (Å²) < 4.78 is 5.19. The molecule has 0 spiro atoms. The van der Waals surface area contributed by atoms with Crippen molar-refractivity contribution in [2.45, 2.75) is 6.42 Å². The van der Waals surface area contributed by atoms with Crippen LogP contribution < -0.4 is 5.32 Å². The van der Waals surface area contributed by atoms with Crippen LogP contribution in [0.1, 0.15) is 6.42 Å². The van der Waals surface area contributed by atoms with E-state index in [1.807, 2.05) is 0 Å². The Morgan fingerprint density at radius 1 is 1.43 bits per heavy atom. The zero-order valence-corrected chi connectivity index (χ0v) is 7.99. The van der Waals surface area contributed by atoms with Crippen molar-refractivity contribution in [3.05, 3.63) is 47.2 Å². The molecule has 0 fully saturated rings. The molecule has 0 saturated heterocycles. The molecule has 1 aliphatic carbocycles. The maximum absolute atomic E-state index is 11.2. The number of allylic oxidation sites excluding steroid dienone is 4. The zero-order valence-electron chi connectivity index (χ0n) is 7.24. The van der Waals surface area contributed by atoms with E-state index in [-0.39, 0.29) is 12.2 Å². The van der Waals surface area contributed by atoms with Crippen LogP contribution in [-0.4, -0.2) is 5.78 Å². The van der Waals surface area contributed by atoms with E-state index >= 15 is 0 Å². The van der Waals surface area contributed by atoms with Crippen molar-refractivity contribution in [2.24, 2.45) is 0 Å². The number of hydrogen-bond acceptors (Lipinski definition) is 2. The molecule has 0 amide bonds. The Morgan fingerprint density at radius 3 is 3.00 bits per heavy atom. The van der Waals surface area contributed by atoms with Gasteiger partial charge in [0, 0.05) is 17.0 Å². The maximum atomic E-state index is 11.2. The van der Waals surface area contributed by atoms with Crippen LogP contribution in [0.25, 0.3) is 0 Å². The first kappa shape index (κ1) is 9.09. The lowest BCUT2D eigenvalue weighted by atomic mass is 10.0. The molecule has 0 aromatic heterocycles. The summed E-state index contributed by atoms with van der Waals surface area (Å²) in [6.07, 6.45) is 7.83. The SMILES string of the molecule is O=C1C=CC(Cl)=C(C2=C[N]C=CO2)C1. The quantitative estimate of drug-likeness (QED) is 0.661.